The van der Waals surface area contributed by atoms with Crippen LogP contribution in [0, 0.1) is 0 Å². The van der Waals surface area contributed by atoms with Gasteiger partial charge in [0.1, 0.15) is 0 Å². The minimum absolute atomic E-state index is 0.0238. The molecule has 1 saturated heterocycles. The zero-order chi connectivity index (χ0) is 14.4. The third-order valence-electron chi connectivity index (χ3n) is 3.39. The van der Waals surface area contributed by atoms with E-state index in [9.17, 15) is 8.42 Å². The Morgan fingerprint density at radius 1 is 1.40 bits per heavy atom. The fourth-order valence-corrected chi connectivity index (χ4v) is 3.67. The molecule has 0 aliphatic carbocycles. The van der Waals surface area contributed by atoms with Gasteiger partial charge in [-0.25, -0.2) is 13.1 Å². The van der Waals surface area contributed by atoms with E-state index in [1.54, 1.807) is 0 Å². The van der Waals surface area contributed by atoms with Crippen LogP contribution < -0.4 is 10.0 Å². The minimum atomic E-state index is -3.27. The summed E-state index contributed by atoms with van der Waals surface area (Å²) in [5.41, 5.74) is 1.04. The van der Waals surface area contributed by atoms with Crippen molar-refractivity contribution in [3.05, 3.63) is 35.9 Å². The van der Waals surface area contributed by atoms with Gasteiger partial charge in [0.15, 0.2) is 0 Å². The Morgan fingerprint density at radius 2 is 2.15 bits per heavy atom. The van der Waals surface area contributed by atoms with Crippen molar-refractivity contribution in [3.8, 4) is 0 Å². The number of morpholine rings is 1. The number of nitrogens with one attached hydrogen (secondary N) is 2. The molecule has 20 heavy (non-hydrogen) atoms. The van der Waals surface area contributed by atoms with Crippen molar-refractivity contribution in [2.24, 2.45) is 0 Å². The lowest BCUT2D eigenvalue weighted by Gasteiger charge is -2.24. The number of rotatable bonds is 6. The highest BCUT2D eigenvalue weighted by molar-refractivity contribution is 7.89. The summed E-state index contributed by atoms with van der Waals surface area (Å²) in [5.74, 6) is 0.0779. The van der Waals surface area contributed by atoms with Crippen LogP contribution in [0.3, 0.4) is 0 Å². The molecule has 1 heterocycles. The Hall–Kier alpha value is -0.950. The predicted octanol–water partition coefficient (Wildman–Crippen LogP) is 0.698. The van der Waals surface area contributed by atoms with Gasteiger partial charge in [-0.3, -0.25) is 0 Å². The standard InChI is InChI=1S/C14H22N2O3S/c1-12(13-5-3-2-4-6-13)11-20(17,18)16-9-14-10-19-8-7-15-14/h2-6,12,14-16H,7-11H2,1H3. The Kier molecular flexibility index (Phi) is 5.54. The summed E-state index contributed by atoms with van der Waals surface area (Å²) >= 11 is 0. The van der Waals surface area contributed by atoms with E-state index in [1.165, 1.54) is 0 Å². The molecule has 2 atom stereocenters. The average molecular weight is 298 g/mol. The molecule has 1 aromatic carbocycles. The molecule has 1 aromatic rings. The van der Waals surface area contributed by atoms with E-state index >= 15 is 0 Å². The van der Waals surface area contributed by atoms with Crippen LogP contribution in [0.25, 0.3) is 0 Å². The molecule has 0 amide bonds. The van der Waals surface area contributed by atoms with Gasteiger partial charge in [0.05, 0.1) is 19.0 Å². The first-order valence-electron chi connectivity index (χ1n) is 6.90. The maximum absolute atomic E-state index is 12.1. The molecule has 2 rings (SSSR count). The van der Waals surface area contributed by atoms with Gasteiger partial charge in [-0.05, 0) is 11.5 Å². The Bertz CT molecular complexity index is 498. The second-order valence-electron chi connectivity index (χ2n) is 5.17. The van der Waals surface area contributed by atoms with E-state index in [-0.39, 0.29) is 17.7 Å². The quantitative estimate of drug-likeness (QED) is 0.811. The van der Waals surface area contributed by atoms with Gasteiger partial charge in [0, 0.05) is 19.1 Å². The normalized spacial score (nSPS) is 21.6. The SMILES string of the molecule is CC(CS(=O)(=O)NCC1COCCN1)c1ccccc1. The second-order valence-corrected chi connectivity index (χ2v) is 7.02. The maximum Gasteiger partial charge on any atom is 0.212 e. The molecular weight excluding hydrogens is 276 g/mol. The van der Waals surface area contributed by atoms with Crippen LogP contribution in [0.15, 0.2) is 30.3 Å². The molecule has 1 aliphatic rings. The van der Waals surface area contributed by atoms with Gasteiger partial charge < -0.3 is 10.1 Å². The fraction of sp³-hybridized carbons (Fsp3) is 0.571. The van der Waals surface area contributed by atoms with Crippen molar-refractivity contribution in [1.82, 2.24) is 10.0 Å². The highest BCUT2D eigenvalue weighted by atomic mass is 32.2. The molecule has 2 N–H and O–H groups in total. The lowest BCUT2D eigenvalue weighted by molar-refractivity contribution is 0.0784. The molecule has 1 aliphatic heterocycles. The summed E-state index contributed by atoms with van der Waals surface area (Å²) in [4.78, 5) is 0. The zero-order valence-corrected chi connectivity index (χ0v) is 12.5. The van der Waals surface area contributed by atoms with E-state index in [4.69, 9.17) is 4.74 Å². The summed E-state index contributed by atoms with van der Waals surface area (Å²) in [6.45, 7) is 4.32. The monoisotopic (exact) mass is 298 g/mol. The van der Waals surface area contributed by atoms with Crippen LogP contribution in [0.4, 0.5) is 0 Å². The summed E-state index contributed by atoms with van der Waals surface area (Å²) in [7, 11) is -3.27. The van der Waals surface area contributed by atoms with E-state index < -0.39 is 10.0 Å². The molecule has 0 aromatic heterocycles. The van der Waals surface area contributed by atoms with Gasteiger partial charge >= 0.3 is 0 Å². The molecule has 0 spiro atoms. The lowest BCUT2D eigenvalue weighted by Crippen LogP contribution is -2.48. The third-order valence-corrected chi connectivity index (χ3v) is 4.93. The highest BCUT2D eigenvalue weighted by Gasteiger charge is 2.20. The summed E-state index contributed by atoms with van der Waals surface area (Å²) in [6, 6.07) is 9.75. The van der Waals surface area contributed by atoms with E-state index in [2.05, 4.69) is 10.0 Å². The molecule has 5 nitrogen and oxygen atoms in total. The molecule has 0 saturated carbocycles. The van der Waals surface area contributed by atoms with E-state index in [0.717, 1.165) is 12.1 Å². The summed E-state index contributed by atoms with van der Waals surface area (Å²) in [5, 5.41) is 3.22. The van der Waals surface area contributed by atoms with Crippen LogP contribution in [0.5, 0.6) is 0 Å². The lowest BCUT2D eigenvalue weighted by atomic mass is 10.0. The molecule has 112 valence electrons. The van der Waals surface area contributed by atoms with Crippen molar-refractivity contribution in [2.75, 3.05) is 32.1 Å². The molecule has 0 radical (unpaired) electrons. The number of hydrogen-bond acceptors (Lipinski definition) is 4. The zero-order valence-electron chi connectivity index (χ0n) is 11.7. The van der Waals surface area contributed by atoms with Crippen molar-refractivity contribution in [3.63, 3.8) is 0 Å². The van der Waals surface area contributed by atoms with E-state index in [1.807, 2.05) is 37.3 Å². The fourth-order valence-electron chi connectivity index (χ4n) is 2.24. The van der Waals surface area contributed by atoms with Gasteiger partial charge in [0.25, 0.3) is 0 Å². The van der Waals surface area contributed by atoms with Crippen molar-refractivity contribution >= 4 is 10.0 Å². The first-order valence-corrected chi connectivity index (χ1v) is 8.55. The van der Waals surface area contributed by atoms with E-state index in [0.29, 0.717) is 19.8 Å². The first kappa shape index (κ1) is 15.4. The average Bonchev–Trinajstić information content (AvgIpc) is 2.47. The highest BCUT2D eigenvalue weighted by Crippen LogP contribution is 2.16. The molecule has 0 bridgehead atoms. The first-order chi connectivity index (χ1) is 9.57. The van der Waals surface area contributed by atoms with Crippen molar-refractivity contribution in [1.29, 1.82) is 0 Å². The van der Waals surface area contributed by atoms with Gasteiger partial charge in [0.2, 0.25) is 10.0 Å². The van der Waals surface area contributed by atoms with Gasteiger partial charge in [-0.15, -0.1) is 0 Å². The van der Waals surface area contributed by atoms with Gasteiger partial charge in [-0.2, -0.15) is 0 Å². The molecule has 6 heteroatoms. The topological polar surface area (TPSA) is 67.4 Å². The second kappa shape index (κ2) is 7.17. The molecular formula is C14H22N2O3S. The van der Waals surface area contributed by atoms with Crippen LogP contribution in [-0.4, -0.2) is 46.5 Å². The Balaban J connectivity index is 1.84. The Labute approximate surface area is 120 Å². The van der Waals surface area contributed by atoms with Crippen LogP contribution in [-0.2, 0) is 14.8 Å². The summed E-state index contributed by atoms with van der Waals surface area (Å²) in [6.07, 6.45) is 0. The number of hydrogen-bond donors (Lipinski definition) is 2. The van der Waals surface area contributed by atoms with Gasteiger partial charge in [-0.1, -0.05) is 37.3 Å². The predicted molar refractivity (Wildman–Crippen MR) is 79.3 cm³/mol. The summed E-state index contributed by atoms with van der Waals surface area (Å²) < 4.78 is 32.1. The number of ether oxygens (including phenoxy) is 1. The largest absolute Gasteiger partial charge is 0.378 e. The van der Waals surface area contributed by atoms with Crippen LogP contribution in [0.1, 0.15) is 18.4 Å². The molecule has 2 unspecified atom stereocenters. The minimum Gasteiger partial charge on any atom is -0.378 e. The van der Waals surface area contributed by atoms with Crippen LogP contribution in [0.2, 0.25) is 0 Å². The Morgan fingerprint density at radius 3 is 2.80 bits per heavy atom. The smallest absolute Gasteiger partial charge is 0.212 e. The number of benzene rings is 1. The molecule has 1 fully saturated rings. The third kappa shape index (κ3) is 4.86. The van der Waals surface area contributed by atoms with Crippen molar-refractivity contribution < 1.29 is 13.2 Å². The maximum atomic E-state index is 12.1. The number of sulfonamides is 1. The van der Waals surface area contributed by atoms with Crippen molar-refractivity contribution in [2.45, 2.75) is 18.9 Å². The van der Waals surface area contributed by atoms with Crippen LogP contribution >= 0.6 is 0 Å².